The predicted molar refractivity (Wildman–Crippen MR) is 104 cm³/mol. The third kappa shape index (κ3) is 4.62. The molecule has 0 saturated carbocycles. The van der Waals surface area contributed by atoms with Gasteiger partial charge in [-0.05, 0) is 42.9 Å². The number of hydrogen-bond acceptors (Lipinski definition) is 4. The fourth-order valence-electron chi connectivity index (χ4n) is 2.96. The Morgan fingerprint density at radius 2 is 1.89 bits per heavy atom. The minimum absolute atomic E-state index is 0.0332. The van der Waals surface area contributed by atoms with Crippen LogP contribution in [-0.2, 0) is 17.8 Å². The topological polar surface area (TPSA) is 87.8 Å². The highest BCUT2D eigenvalue weighted by molar-refractivity contribution is 5.76. The molecule has 0 bridgehead atoms. The van der Waals surface area contributed by atoms with Gasteiger partial charge in [-0.1, -0.05) is 45.0 Å². The summed E-state index contributed by atoms with van der Waals surface area (Å²) in [5.74, 6) is -0.129. The third-order valence-electron chi connectivity index (χ3n) is 4.77. The van der Waals surface area contributed by atoms with E-state index >= 15 is 0 Å². The number of benzene rings is 1. The SMILES string of the molecule is CCc1ccc([C@@H](NC(=O)Cn2nc(C)c(C)c(C#N)c2=O)C(C)C)cc1. The standard InChI is InChI=1S/C21H26N4O2/c1-6-16-7-9-17(10-8-16)20(13(2)3)23-19(26)12-25-21(27)18(11-22)14(4)15(5)24-25/h7-10,13,20H,6,12H2,1-5H3,(H,23,26)/t20-/m0/s1. The zero-order chi connectivity index (χ0) is 20.1. The van der Waals surface area contributed by atoms with Crippen LogP contribution in [0.25, 0.3) is 0 Å². The molecule has 27 heavy (non-hydrogen) atoms. The number of carbonyl (C=O) groups excluding carboxylic acids is 1. The summed E-state index contributed by atoms with van der Waals surface area (Å²) in [4.78, 5) is 24.9. The largest absolute Gasteiger partial charge is 0.347 e. The highest BCUT2D eigenvalue weighted by Gasteiger charge is 2.20. The molecule has 0 aliphatic heterocycles. The summed E-state index contributed by atoms with van der Waals surface area (Å²) < 4.78 is 1.06. The second-order valence-electron chi connectivity index (χ2n) is 7.04. The summed E-state index contributed by atoms with van der Waals surface area (Å²) in [5.41, 5.74) is 2.87. The average Bonchev–Trinajstić information content (AvgIpc) is 2.64. The van der Waals surface area contributed by atoms with Crippen molar-refractivity contribution in [2.45, 2.75) is 53.6 Å². The first-order chi connectivity index (χ1) is 12.8. The molecular weight excluding hydrogens is 340 g/mol. The van der Waals surface area contributed by atoms with Crippen molar-refractivity contribution in [2.24, 2.45) is 5.92 Å². The van der Waals surface area contributed by atoms with Crippen LogP contribution in [0.5, 0.6) is 0 Å². The number of aromatic nitrogens is 2. The molecule has 0 fully saturated rings. The van der Waals surface area contributed by atoms with Crippen LogP contribution in [0.4, 0.5) is 0 Å². The zero-order valence-electron chi connectivity index (χ0n) is 16.5. The molecule has 6 nitrogen and oxygen atoms in total. The molecule has 0 spiro atoms. The van der Waals surface area contributed by atoms with Crippen molar-refractivity contribution >= 4 is 5.91 Å². The van der Waals surface area contributed by atoms with Crippen molar-refractivity contribution in [1.82, 2.24) is 15.1 Å². The summed E-state index contributed by atoms with van der Waals surface area (Å²) in [6.07, 6.45) is 0.960. The van der Waals surface area contributed by atoms with Gasteiger partial charge in [0.1, 0.15) is 18.2 Å². The van der Waals surface area contributed by atoms with Gasteiger partial charge in [0.05, 0.1) is 11.7 Å². The summed E-state index contributed by atoms with van der Waals surface area (Å²) in [6, 6.07) is 9.92. The van der Waals surface area contributed by atoms with Gasteiger partial charge in [-0.3, -0.25) is 9.59 Å². The van der Waals surface area contributed by atoms with E-state index in [1.807, 2.05) is 32.0 Å². The van der Waals surface area contributed by atoms with Gasteiger partial charge in [-0.2, -0.15) is 10.4 Å². The van der Waals surface area contributed by atoms with Gasteiger partial charge in [0, 0.05) is 0 Å². The Labute approximate surface area is 159 Å². The van der Waals surface area contributed by atoms with Gasteiger partial charge in [0.25, 0.3) is 5.56 Å². The summed E-state index contributed by atoms with van der Waals surface area (Å²) in [7, 11) is 0. The Morgan fingerprint density at radius 3 is 2.41 bits per heavy atom. The minimum atomic E-state index is -0.538. The van der Waals surface area contributed by atoms with Crippen LogP contribution < -0.4 is 10.9 Å². The van der Waals surface area contributed by atoms with Crippen LogP contribution in [0.3, 0.4) is 0 Å². The lowest BCUT2D eigenvalue weighted by Crippen LogP contribution is -2.38. The molecule has 142 valence electrons. The Hall–Kier alpha value is -2.94. The smallest absolute Gasteiger partial charge is 0.285 e. The fraction of sp³-hybridized carbons (Fsp3) is 0.429. The highest BCUT2D eigenvalue weighted by atomic mass is 16.2. The van der Waals surface area contributed by atoms with Crippen LogP contribution in [0, 0.1) is 31.1 Å². The van der Waals surface area contributed by atoms with Crippen LogP contribution in [0.15, 0.2) is 29.1 Å². The van der Waals surface area contributed by atoms with Crippen molar-refractivity contribution in [2.75, 3.05) is 0 Å². The molecule has 2 rings (SSSR count). The van der Waals surface area contributed by atoms with E-state index < -0.39 is 5.56 Å². The van der Waals surface area contributed by atoms with Gasteiger partial charge >= 0.3 is 0 Å². The van der Waals surface area contributed by atoms with Crippen LogP contribution >= 0.6 is 0 Å². The number of nitrogens with zero attached hydrogens (tertiary/aromatic N) is 3. The maximum atomic E-state index is 12.6. The molecule has 1 amide bonds. The lowest BCUT2D eigenvalue weighted by Gasteiger charge is -2.23. The normalized spacial score (nSPS) is 11.9. The highest BCUT2D eigenvalue weighted by Crippen LogP contribution is 2.22. The predicted octanol–water partition coefficient (Wildman–Crippen LogP) is 2.81. The molecule has 0 aliphatic carbocycles. The molecule has 0 radical (unpaired) electrons. The zero-order valence-corrected chi connectivity index (χ0v) is 16.5. The lowest BCUT2D eigenvalue weighted by molar-refractivity contribution is -0.123. The monoisotopic (exact) mass is 366 g/mol. The van der Waals surface area contributed by atoms with E-state index in [1.54, 1.807) is 13.8 Å². The Balaban J connectivity index is 2.23. The molecule has 1 aromatic carbocycles. The molecule has 0 unspecified atom stereocenters. The first-order valence-electron chi connectivity index (χ1n) is 9.15. The van der Waals surface area contributed by atoms with Crippen LogP contribution in [0.1, 0.15) is 54.8 Å². The van der Waals surface area contributed by atoms with E-state index in [0.717, 1.165) is 16.7 Å². The van der Waals surface area contributed by atoms with E-state index in [1.165, 1.54) is 5.56 Å². The summed E-state index contributed by atoms with van der Waals surface area (Å²) in [5, 5.41) is 16.4. The van der Waals surface area contributed by atoms with E-state index in [-0.39, 0.29) is 30.0 Å². The second kappa shape index (κ2) is 8.63. The number of rotatable bonds is 6. The number of aryl methyl sites for hydroxylation is 2. The average molecular weight is 366 g/mol. The van der Waals surface area contributed by atoms with Crippen molar-refractivity contribution in [3.05, 3.63) is 62.6 Å². The number of amides is 1. The molecule has 1 N–H and O–H groups in total. The first kappa shape index (κ1) is 20.4. The molecule has 1 heterocycles. The third-order valence-corrected chi connectivity index (χ3v) is 4.77. The molecule has 0 aliphatic rings. The van der Waals surface area contributed by atoms with Crippen molar-refractivity contribution in [1.29, 1.82) is 5.26 Å². The van der Waals surface area contributed by atoms with Crippen molar-refractivity contribution in [3.63, 3.8) is 0 Å². The quantitative estimate of drug-likeness (QED) is 0.851. The maximum absolute atomic E-state index is 12.6. The van der Waals surface area contributed by atoms with Crippen molar-refractivity contribution < 1.29 is 4.79 Å². The van der Waals surface area contributed by atoms with Gasteiger partial charge in [0.2, 0.25) is 5.91 Å². The molecule has 1 aromatic heterocycles. The number of nitriles is 1. The van der Waals surface area contributed by atoms with Crippen LogP contribution in [-0.4, -0.2) is 15.7 Å². The Morgan fingerprint density at radius 1 is 1.26 bits per heavy atom. The molecule has 6 heteroatoms. The Kier molecular flexibility index (Phi) is 6.51. The number of carbonyl (C=O) groups is 1. The van der Waals surface area contributed by atoms with Gasteiger partial charge in [0.15, 0.2) is 0 Å². The number of hydrogen-bond donors (Lipinski definition) is 1. The first-order valence-corrected chi connectivity index (χ1v) is 9.15. The molecule has 0 saturated heterocycles. The molecule has 1 atom stereocenters. The van der Waals surface area contributed by atoms with Crippen LogP contribution in [0.2, 0.25) is 0 Å². The van der Waals surface area contributed by atoms with Gasteiger partial charge in [-0.25, -0.2) is 4.68 Å². The Bertz CT molecular complexity index is 921. The maximum Gasteiger partial charge on any atom is 0.285 e. The second-order valence-corrected chi connectivity index (χ2v) is 7.04. The fourth-order valence-corrected chi connectivity index (χ4v) is 2.96. The lowest BCUT2D eigenvalue weighted by atomic mass is 9.95. The van der Waals surface area contributed by atoms with E-state index in [4.69, 9.17) is 0 Å². The number of nitrogens with one attached hydrogen (secondary N) is 1. The van der Waals surface area contributed by atoms with Gasteiger partial charge in [-0.15, -0.1) is 0 Å². The molecule has 2 aromatic rings. The summed E-state index contributed by atoms with van der Waals surface area (Å²) in [6.45, 7) is 9.35. The summed E-state index contributed by atoms with van der Waals surface area (Å²) >= 11 is 0. The molecular formula is C21H26N4O2. The minimum Gasteiger partial charge on any atom is -0.347 e. The van der Waals surface area contributed by atoms with E-state index in [0.29, 0.717) is 11.3 Å². The van der Waals surface area contributed by atoms with Gasteiger partial charge < -0.3 is 5.32 Å². The van der Waals surface area contributed by atoms with E-state index in [9.17, 15) is 14.9 Å². The van der Waals surface area contributed by atoms with E-state index in [2.05, 4.69) is 29.5 Å². The van der Waals surface area contributed by atoms with Crippen molar-refractivity contribution in [3.8, 4) is 6.07 Å².